The van der Waals surface area contributed by atoms with Gasteiger partial charge in [-0.15, -0.1) is 10.2 Å². The van der Waals surface area contributed by atoms with E-state index >= 15 is 0 Å². The molecule has 0 saturated carbocycles. The molecule has 2 rings (SSSR count). The van der Waals surface area contributed by atoms with E-state index in [2.05, 4.69) is 10.2 Å². The van der Waals surface area contributed by atoms with Crippen LogP contribution in [0.2, 0.25) is 0 Å². The molecule has 1 saturated heterocycles. The van der Waals surface area contributed by atoms with Crippen LogP contribution < -0.4 is 10.6 Å². The summed E-state index contributed by atoms with van der Waals surface area (Å²) in [6, 6.07) is 3.59. The summed E-state index contributed by atoms with van der Waals surface area (Å²) in [6.45, 7) is 1.36. The van der Waals surface area contributed by atoms with Gasteiger partial charge in [0, 0.05) is 33.2 Å². The standard InChI is InChI=1S/C12H19N5O/c1-16(2)11-6-5-10(14-15-11)12(18)17-7-3-4-9(13)8-17/h5-6,9H,3-4,7-8,13H2,1-2H3. The van der Waals surface area contributed by atoms with Gasteiger partial charge in [0.05, 0.1) is 0 Å². The number of carbonyl (C=O) groups is 1. The number of hydrogen-bond acceptors (Lipinski definition) is 5. The number of nitrogens with zero attached hydrogens (tertiary/aromatic N) is 4. The first-order chi connectivity index (χ1) is 8.58. The molecule has 98 valence electrons. The topological polar surface area (TPSA) is 75.4 Å². The van der Waals surface area contributed by atoms with Crippen molar-refractivity contribution in [2.24, 2.45) is 5.73 Å². The van der Waals surface area contributed by atoms with Gasteiger partial charge in [0.1, 0.15) is 0 Å². The van der Waals surface area contributed by atoms with Crippen molar-refractivity contribution in [2.75, 3.05) is 32.1 Å². The van der Waals surface area contributed by atoms with Crippen LogP contribution in [0.25, 0.3) is 0 Å². The molecule has 1 fully saturated rings. The van der Waals surface area contributed by atoms with E-state index in [0.29, 0.717) is 12.2 Å². The normalized spacial score (nSPS) is 19.7. The summed E-state index contributed by atoms with van der Waals surface area (Å²) in [5, 5.41) is 7.99. The second kappa shape index (κ2) is 5.30. The molecule has 1 unspecified atom stereocenters. The zero-order valence-electron chi connectivity index (χ0n) is 10.8. The highest BCUT2D eigenvalue weighted by molar-refractivity contribution is 5.92. The van der Waals surface area contributed by atoms with Gasteiger partial charge in [-0.25, -0.2) is 0 Å². The summed E-state index contributed by atoms with van der Waals surface area (Å²) < 4.78 is 0. The van der Waals surface area contributed by atoms with Crippen LogP contribution in [0.1, 0.15) is 23.3 Å². The van der Waals surface area contributed by atoms with Crippen LogP contribution in [0.5, 0.6) is 0 Å². The van der Waals surface area contributed by atoms with Crippen LogP contribution in [0.3, 0.4) is 0 Å². The molecule has 0 aliphatic carbocycles. The Morgan fingerprint density at radius 3 is 2.78 bits per heavy atom. The Balaban J connectivity index is 2.08. The van der Waals surface area contributed by atoms with Gasteiger partial charge in [-0.2, -0.15) is 0 Å². The lowest BCUT2D eigenvalue weighted by Gasteiger charge is -2.30. The molecule has 0 spiro atoms. The Morgan fingerprint density at radius 2 is 2.22 bits per heavy atom. The first-order valence-corrected chi connectivity index (χ1v) is 6.14. The molecule has 0 radical (unpaired) electrons. The summed E-state index contributed by atoms with van der Waals surface area (Å²) in [5.74, 6) is 0.657. The molecule has 18 heavy (non-hydrogen) atoms. The molecular weight excluding hydrogens is 230 g/mol. The molecule has 0 bridgehead atoms. The van der Waals surface area contributed by atoms with Crippen molar-refractivity contribution in [2.45, 2.75) is 18.9 Å². The third-order valence-corrected chi connectivity index (χ3v) is 3.07. The Morgan fingerprint density at radius 1 is 1.44 bits per heavy atom. The summed E-state index contributed by atoms with van der Waals surface area (Å²) in [5.41, 5.74) is 6.25. The molecule has 2 heterocycles. The number of aromatic nitrogens is 2. The van der Waals surface area contributed by atoms with Gasteiger partial charge in [0.25, 0.3) is 5.91 Å². The maximum absolute atomic E-state index is 12.2. The molecule has 1 amide bonds. The molecular formula is C12H19N5O. The number of likely N-dealkylation sites (tertiary alicyclic amines) is 1. The van der Waals surface area contributed by atoms with Crippen LogP contribution in [-0.2, 0) is 0 Å². The largest absolute Gasteiger partial charge is 0.361 e. The minimum Gasteiger partial charge on any atom is -0.361 e. The van der Waals surface area contributed by atoms with Crippen molar-refractivity contribution in [1.29, 1.82) is 0 Å². The molecule has 1 aliphatic rings. The lowest BCUT2D eigenvalue weighted by atomic mass is 10.1. The van der Waals surface area contributed by atoms with E-state index in [0.717, 1.165) is 25.2 Å². The Kier molecular flexibility index (Phi) is 3.76. The summed E-state index contributed by atoms with van der Waals surface area (Å²) >= 11 is 0. The van der Waals surface area contributed by atoms with E-state index in [1.54, 1.807) is 17.0 Å². The first kappa shape index (κ1) is 12.8. The van der Waals surface area contributed by atoms with Gasteiger partial charge >= 0.3 is 0 Å². The fourth-order valence-corrected chi connectivity index (χ4v) is 2.03. The Labute approximate surface area is 107 Å². The number of carbonyl (C=O) groups excluding carboxylic acids is 1. The lowest BCUT2D eigenvalue weighted by Crippen LogP contribution is -2.46. The summed E-state index contributed by atoms with van der Waals surface area (Å²) in [6.07, 6.45) is 1.94. The number of rotatable bonds is 2. The maximum Gasteiger partial charge on any atom is 0.274 e. The Hall–Kier alpha value is -1.69. The van der Waals surface area contributed by atoms with Crippen LogP contribution in [-0.4, -0.2) is 54.2 Å². The third kappa shape index (κ3) is 2.76. The van der Waals surface area contributed by atoms with Crippen LogP contribution in [0.4, 0.5) is 5.82 Å². The number of hydrogen-bond donors (Lipinski definition) is 1. The molecule has 1 aliphatic heterocycles. The van der Waals surface area contributed by atoms with Crippen molar-refractivity contribution < 1.29 is 4.79 Å². The molecule has 2 N–H and O–H groups in total. The van der Waals surface area contributed by atoms with E-state index in [9.17, 15) is 4.79 Å². The van der Waals surface area contributed by atoms with Gasteiger partial charge in [-0.1, -0.05) is 0 Å². The van der Waals surface area contributed by atoms with E-state index in [1.807, 2.05) is 19.0 Å². The highest BCUT2D eigenvalue weighted by Crippen LogP contribution is 2.12. The minimum absolute atomic E-state index is 0.0803. The van der Waals surface area contributed by atoms with Gasteiger partial charge in [-0.3, -0.25) is 4.79 Å². The van der Waals surface area contributed by atoms with Crippen LogP contribution in [0.15, 0.2) is 12.1 Å². The molecule has 1 aromatic heterocycles. The highest BCUT2D eigenvalue weighted by Gasteiger charge is 2.23. The van der Waals surface area contributed by atoms with E-state index in [4.69, 9.17) is 5.73 Å². The molecule has 6 heteroatoms. The molecule has 1 aromatic rings. The number of piperidine rings is 1. The zero-order valence-corrected chi connectivity index (χ0v) is 10.8. The van der Waals surface area contributed by atoms with Crippen molar-refractivity contribution in [3.63, 3.8) is 0 Å². The van der Waals surface area contributed by atoms with Gasteiger partial charge < -0.3 is 15.5 Å². The van der Waals surface area contributed by atoms with Crippen LogP contribution in [0, 0.1) is 0 Å². The fourth-order valence-electron chi connectivity index (χ4n) is 2.03. The summed E-state index contributed by atoms with van der Waals surface area (Å²) in [7, 11) is 3.77. The van der Waals surface area contributed by atoms with E-state index < -0.39 is 0 Å². The van der Waals surface area contributed by atoms with E-state index in [-0.39, 0.29) is 11.9 Å². The minimum atomic E-state index is -0.0806. The van der Waals surface area contributed by atoms with Crippen LogP contribution >= 0.6 is 0 Å². The quantitative estimate of drug-likeness (QED) is 0.805. The van der Waals surface area contributed by atoms with Gasteiger partial charge in [-0.05, 0) is 25.0 Å². The number of anilines is 1. The Bertz CT molecular complexity index is 417. The monoisotopic (exact) mass is 249 g/mol. The predicted molar refractivity (Wildman–Crippen MR) is 69.5 cm³/mol. The third-order valence-electron chi connectivity index (χ3n) is 3.07. The average Bonchev–Trinajstić information content (AvgIpc) is 2.38. The van der Waals surface area contributed by atoms with E-state index in [1.165, 1.54) is 0 Å². The van der Waals surface area contributed by atoms with Crippen molar-refractivity contribution >= 4 is 11.7 Å². The number of amides is 1. The van der Waals surface area contributed by atoms with Crippen molar-refractivity contribution in [1.82, 2.24) is 15.1 Å². The zero-order chi connectivity index (χ0) is 13.1. The SMILES string of the molecule is CN(C)c1ccc(C(=O)N2CCCC(N)C2)nn1. The van der Waals surface area contributed by atoms with Gasteiger partial charge in [0.15, 0.2) is 11.5 Å². The second-order valence-corrected chi connectivity index (χ2v) is 4.82. The molecule has 6 nitrogen and oxygen atoms in total. The second-order valence-electron chi connectivity index (χ2n) is 4.82. The smallest absolute Gasteiger partial charge is 0.274 e. The maximum atomic E-state index is 12.2. The van der Waals surface area contributed by atoms with Gasteiger partial charge in [0.2, 0.25) is 0 Å². The fraction of sp³-hybridized carbons (Fsp3) is 0.583. The summed E-state index contributed by atoms with van der Waals surface area (Å²) in [4.78, 5) is 15.8. The molecule has 0 aromatic carbocycles. The van der Waals surface area contributed by atoms with Crippen molar-refractivity contribution in [3.05, 3.63) is 17.8 Å². The predicted octanol–water partition coefficient (Wildman–Crippen LogP) is 0.106. The molecule has 1 atom stereocenters. The van der Waals surface area contributed by atoms with Crippen molar-refractivity contribution in [3.8, 4) is 0 Å². The lowest BCUT2D eigenvalue weighted by molar-refractivity contribution is 0.0701. The highest BCUT2D eigenvalue weighted by atomic mass is 16.2. The first-order valence-electron chi connectivity index (χ1n) is 6.14. The number of nitrogens with two attached hydrogens (primary N) is 1. The average molecular weight is 249 g/mol.